The molecule has 11 heteroatoms. The molecule has 1 N–H and O–H groups in total. The summed E-state index contributed by atoms with van der Waals surface area (Å²) in [5.74, 6) is 0.0601. The molecule has 1 amide bonds. The van der Waals surface area contributed by atoms with Gasteiger partial charge in [-0.2, -0.15) is 10.2 Å². The van der Waals surface area contributed by atoms with Crippen molar-refractivity contribution in [1.29, 1.82) is 5.26 Å². The molecule has 5 aromatic rings. The van der Waals surface area contributed by atoms with Gasteiger partial charge >= 0.3 is 5.69 Å². The van der Waals surface area contributed by atoms with Crippen molar-refractivity contribution >= 4 is 28.8 Å². The summed E-state index contributed by atoms with van der Waals surface area (Å²) in [5.41, 5.74) is 1.76. The average Bonchev–Trinajstić information content (AvgIpc) is 3.45. The van der Waals surface area contributed by atoms with E-state index < -0.39 is 11.6 Å². The van der Waals surface area contributed by atoms with Gasteiger partial charge in [-0.15, -0.1) is 5.10 Å². The van der Waals surface area contributed by atoms with E-state index in [1.807, 2.05) is 6.07 Å². The highest BCUT2D eigenvalue weighted by atomic mass is 35.5. The first-order valence-corrected chi connectivity index (χ1v) is 10.4. The van der Waals surface area contributed by atoms with Crippen LogP contribution in [0.3, 0.4) is 0 Å². The number of nitrogens with one attached hydrogen (secondary N) is 1. The first-order chi connectivity index (χ1) is 16.5. The topological polar surface area (TPSA) is 131 Å². The van der Waals surface area contributed by atoms with Crippen LogP contribution < -0.4 is 11.0 Å². The largest absolute Gasteiger partial charge is 0.350 e. The lowest BCUT2D eigenvalue weighted by molar-refractivity contribution is -0.117. The molecule has 0 saturated heterocycles. The Balaban J connectivity index is 1.44. The molecule has 34 heavy (non-hydrogen) atoms. The number of nitriles is 1. The summed E-state index contributed by atoms with van der Waals surface area (Å²) in [6.45, 7) is -0.323. The Hall–Kier alpha value is -4.75. The van der Waals surface area contributed by atoms with Gasteiger partial charge in [0.15, 0.2) is 5.65 Å². The third kappa shape index (κ3) is 4.03. The van der Waals surface area contributed by atoms with Crippen molar-refractivity contribution in [1.82, 2.24) is 24.3 Å². The maximum absolute atomic E-state index is 12.8. The molecule has 0 fully saturated rings. The fraction of sp³-hybridized carbons (Fsp3) is 0.0435. The van der Waals surface area contributed by atoms with Crippen LogP contribution in [0, 0.1) is 11.3 Å². The predicted octanol–water partition coefficient (Wildman–Crippen LogP) is 3.38. The number of carbonyl (C=O) groups is 1. The molecule has 3 aromatic heterocycles. The van der Waals surface area contributed by atoms with E-state index in [1.54, 1.807) is 54.6 Å². The minimum Gasteiger partial charge on any atom is -0.333 e. The van der Waals surface area contributed by atoms with Crippen LogP contribution in [0.1, 0.15) is 5.56 Å². The Morgan fingerprint density at radius 2 is 1.97 bits per heavy atom. The van der Waals surface area contributed by atoms with Crippen molar-refractivity contribution < 1.29 is 9.32 Å². The summed E-state index contributed by atoms with van der Waals surface area (Å²) in [6.07, 6.45) is 1.54. The quantitative estimate of drug-likeness (QED) is 0.415. The minimum atomic E-state index is -0.504. The lowest BCUT2D eigenvalue weighted by Gasteiger charge is -2.04. The van der Waals surface area contributed by atoms with Crippen LogP contribution in [0.25, 0.3) is 28.5 Å². The van der Waals surface area contributed by atoms with Crippen LogP contribution >= 0.6 is 11.6 Å². The molecule has 10 nitrogen and oxygen atoms in total. The third-order valence-corrected chi connectivity index (χ3v) is 5.19. The molecule has 0 saturated carbocycles. The van der Waals surface area contributed by atoms with E-state index in [1.165, 1.54) is 16.7 Å². The van der Waals surface area contributed by atoms with Crippen LogP contribution in [0.15, 0.2) is 76.2 Å². The second kappa shape index (κ2) is 8.65. The van der Waals surface area contributed by atoms with Crippen LogP contribution in [0.2, 0.25) is 5.02 Å². The second-order valence-corrected chi connectivity index (χ2v) is 7.66. The molecule has 0 radical (unpaired) electrons. The summed E-state index contributed by atoms with van der Waals surface area (Å²) in [6, 6.07) is 18.8. The van der Waals surface area contributed by atoms with Crippen molar-refractivity contribution in [2.24, 2.45) is 0 Å². The van der Waals surface area contributed by atoms with Crippen LogP contribution in [-0.4, -0.2) is 30.2 Å². The number of nitrogens with zero attached hydrogens (tertiary/aromatic N) is 6. The van der Waals surface area contributed by atoms with Gasteiger partial charge in [-0.25, -0.2) is 13.9 Å². The van der Waals surface area contributed by atoms with Crippen LogP contribution in [-0.2, 0) is 11.3 Å². The number of pyridine rings is 1. The van der Waals surface area contributed by atoms with Gasteiger partial charge in [0.05, 0.1) is 17.2 Å². The van der Waals surface area contributed by atoms with E-state index in [0.717, 1.165) is 4.68 Å². The number of amides is 1. The number of hydrogen-bond donors (Lipinski definition) is 1. The van der Waals surface area contributed by atoms with Crippen molar-refractivity contribution in [2.45, 2.75) is 6.54 Å². The molecule has 0 aliphatic heterocycles. The lowest BCUT2D eigenvalue weighted by atomic mass is 10.2. The van der Waals surface area contributed by atoms with Crippen molar-refractivity contribution in [2.75, 3.05) is 5.32 Å². The summed E-state index contributed by atoms with van der Waals surface area (Å²) in [7, 11) is 0. The number of aromatic nitrogens is 5. The molecule has 0 atom stereocenters. The zero-order chi connectivity index (χ0) is 23.7. The highest BCUT2D eigenvalue weighted by molar-refractivity contribution is 6.30. The van der Waals surface area contributed by atoms with E-state index >= 15 is 0 Å². The Kier molecular flexibility index (Phi) is 5.37. The predicted molar refractivity (Wildman–Crippen MR) is 123 cm³/mol. The number of fused-ring (bicyclic) bond motifs is 1. The van der Waals surface area contributed by atoms with Gasteiger partial charge in [-0.3, -0.25) is 4.79 Å². The number of carbonyl (C=O) groups excluding carboxylic acids is 1. The molecule has 5 rings (SSSR count). The van der Waals surface area contributed by atoms with E-state index in [9.17, 15) is 9.59 Å². The van der Waals surface area contributed by atoms with Gasteiger partial charge in [0, 0.05) is 22.5 Å². The molecule has 0 bridgehead atoms. The van der Waals surface area contributed by atoms with Gasteiger partial charge in [-0.1, -0.05) is 22.8 Å². The van der Waals surface area contributed by atoms with Crippen LogP contribution in [0.5, 0.6) is 0 Å². The van der Waals surface area contributed by atoms with E-state index in [2.05, 4.69) is 20.6 Å². The van der Waals surface area contributed by atoms with Gasteiger partial charge in [0.25, 0.3) is 5.89 Å². The highest BCUT2D eigenvalue weighted by Crippen LogP contribution is 2.25. The number of benzene rings is 2. The third-order valence-electron chi connectivity index (χ3n) is 4.94. The van der Waals surface area contributed by atoms with E-state index in [0.29, 0.717) is 33.2 Å². The average molecular weight is 472 g/mol. The minimum absolute atomic E-state index is 0.172. The van der Waals surface area contributed by atoms with Crippen molar-refractivity contribution in [3.05, 3.63) is 87.9 Å². The molecule has 0 aliphatic carbocycles. The smallest absolute Gasteiger partial charge is 0.333 e. The normalized spacial score (nSPS) is 10.8. The molecule has 3 heterocycles. The maximum Gasteiger partial charge on any atom is 0.350 e. The summed E-state index contributed by atoms with van der Waals surface area (Å²) < 4.78 is 7.75. The maximum atomic E-state index is 12.8. The molecule has 0 unspecified atom stereocenters. The van der Waals surface area contributed by atoms with Gasteiger partial charge in [-0.05, 0) is 54.6 Å². The Bertz CT molecular complexity index is 1630. The summed E-state index contributed by atoms with van der Waals surface area (Å²) in [5, 5.41) is 20.6. The van der Waals surface area contributed by atoms with Crippen LogP contribution in [0.4, 0.5) is 5.69 Å². The van der Waals surface area contributed by atoms with Gasteiger partial charge < -0.3 is 9.84 Å². The first kappa shape index (κ1) is 21.1. The van der Waals surface area contributed by atoms with E-state index in [-0.39, 0.29) is 18.1 Å². The fourth-order valence-corrected chi connectivity index (χ4v) is 3.49. The Morgan fingerprint density at radius 1 is 1.15 bits per heavy atom. The SMILES string of the molecule is N#Cc1cccc(NC(=O)Cn2nc3c(-c4nc(-c5ccc(Cl)cc5)no4)cccn3c2=O)c1. The number of halogens is 1. The number of anilines is 1. The summed E-state index contributed by atoms with van der Waals surface area (Å²) >= 11 is 5.93. The lowest BCUT2D eigenvalue weighted by Crippen LogP contribution is -2.28. The Labute approximate surface area is 196 Å². The zero-order valence-corrected chi connectivity index (χ0v) is 18.1. The van der Waals surface area contributed by atoms with Gasteiger partial charge in [0.1, 0.15) is 6.54 Å². The van der Waals surface area contributed by atoms with Gasteiger partial charge in [0.2, 0.25) is 11.7 Å². The van der Waals surface area contributed by atoms with E-state index in [4.69, 9.17) is 21.4 Å². The monoisotopic (exact) mass is 471 g/mol. The molecular formula is C23H14ClN7O3. The molecule has 166 valence electrons. The number of hydrogen-bond acceptors (Lipinski definition) is 7. The Morgan fingerprint density at radius 3 is 2.76 bits per heavy atom. The standard InChI is InChI=1S/C23H14ClN7O3/c24-16-8-6-15(7-9-16)20-27-22(34-29-20)18-5-2-10-30-21(18)28-31(23(30)33)13-19(32)26-17-4-1-3-14(11-17)12-25/h1-11H,13H2,(H,26,32). The second-order valence-electron chi connectivity index (χ2n) is 7.23. The molecule has 2 aromatic carbocycles. The summed E-state index contributed by atoms with van der Waals surface area (Å²) in [4.78, 5) is 29.7. The van der Waals surface area contributed by atoms with Crippen molar-refractivity contribution in [3.63, 3.8) is 0 Å². The molecule has 0 spiro atoms. The fourth-order valence-electron chi connectivity index (χ4n) is 3.36. The molecule has 0 aliphatic rings. The number of rotatable bonds is 5. The van der Waals surface area contributed by atoms with Crippen molar-refractivity contribution in [3.8, 4) is 28.9 Å². The first-order valence-electron chi connectivity index (χ1n) is 10.00. The zero-order valence-electron chi connectivity index (χ0n) is 17.3. The highest BCUT2D eigenvalue weighted by Gasteiger charge is 2.18. The molecular weight excluding hydrogens is 458 g/mol.